The molecule has 0 spiro atoms. The Morgan fingerprint density at radius 3 is 3.00 bits per heavy atom. The molecular weight excluding hydrogens is 288 g/mol. The summed E-state index contributed by atoms with van der Waals surface area (Å²) in [6.45, 7) is 0. The molecule has 1 saturated heterocycles. The number of thiocarbonyl (C=S) groups is 1. The number of methoxy groups -OCH3 is 1. The molecule has 5 nitrogen and oxygen atoms in total. The normalized spacial score (nSPS) is 24.5. The molecule has 1 fully saturated rings. The number of allylic oxidation sites excluding steroid dienone is 1. The topological polar surface area (TPSA) is 70.6 Å². The lowest BCUT2D eigenvalue weighted by Crippen LogP contribution is -2.51. The monoisotopic (exact) mass is 304 g/mol. The van der Waals surface area contributed by atoms with Crippen molar-refractivity contribution in [2.45, 2.75) is 18.9 Å². The van der Waals surface area contributed by atoms with Gasteiger partial charge in [0, 0.05) is 12.1 Å². The number of ketones is 1. The van der Waals surface area contributed by atoms with E-state index in [1.165, 1.54) is 7.11 Å². The number of carbonyl (C=O) groups excluding carboxylic acids is 1. The second-order valence-electron chi connectivity index (χ2n) is 5.15. The Morgan fingerprint density at radius 2 is 2.24 bits per heavy atom. The number of ether oxygens (including phenoxy) is 1. The van der Waals surface area contributed by atoms with Gasteiger partial charge in [0.1, 0.15) is 5.78 Å². The lowest BCUT2D eigenvalue weighted by Gasteiger charge is -2.37. The number of hydrogen-bond acceptors (Lipinski definition) is 4. The predicted molar refractivity (Wildman–Crippen MR) is 82.1 cm³/mol. The zero-order chi connectivity index (χ0) is 15.0. The summed E-state index contributed by atoms with van der Waals surface area (Å²) in [5.74, 6) is 0.364. The molecule has 0 amide bonds. The Kier molecular flexibility index (Phi) is 3.55. The van der Waals surface area contributed by atoms with Crippen LogP contribution in [-0.4, -0.2) is 23.1 Å². The highest BCUT2D eigenvalue weighted by atomic mass is 32.1. The van der Waals surface area contributed by atoms with E-state index in [4.69, 9.17) is 17.0 Å². The summed E-state index contributed by atoms with van der Waals surface area (Å²) in [6.07, 6.45) is 3.31. The molecule has 0 unspecified atom stereocenters. The van der Waals surface area contributed by atoms with E-state index >= 15 is 0 Å². The molecule has 1 aromatic rings. The first-order chi connectivity index (χ1) is 10.1. The largest absolute Gasteiger partial charge is 0.504 e. The fourth-order valence-electron chi connectivity index (χ4n) is 2.88. The maximum atomic E-state index is 12.3. The molecule has 2 aliphatic rings. The van der Waals surface area contributed by atoms with Crippen molar-refractivity contribution in [3.05, 3.63) is 35.5 Å². The summed E-state index contributed by atoms with van der Waals surface area (Å²) in [5.41, 5.74) is 1.73. The molecule has 1 heterocycles. The van der Waals surface area contributed by atoms with Gasteiger partial charge in [0.2, 0.25) is 0 Å². The first kappa shape index (κ1) is 13.9. The van der Waals surface area contributed by atoms with Gasteiger partial charge in [-0.3, -0.25) is 4.79 Å². The molecule has 0 bridgehead atoms. The maximum absolute atomic E-state index is 12.3. The van der Waals surface area contributed by atoms with Crippen LogP contribution in [0.3, 0.4) is 0 Å². The number of rotatable bonds is 2. The van der Waals surface area contributed by atoms with E-state index < -0.39 is 0 Å². The van der Waals surface area contributed by atoms with Crippen molar-refractivity contribution >= 4 is 23.1 Å². The van der Waals surface area contributed by atoms with E-state index in [2.05, 4.69) is 10.6 Å². The minimum atomic E-state index is -0.278. The summed E-state index contributed by atoms with van der Waals surface area (Å²) >= 11 is 5.22. The smallest absolute Gasteiger partial charge is 0.171 e. The SMILES string of the molecule is COc1cc([C@@H]2NC(=S)NC3=CCCC(=O)[C@@H]32)ccc1O. The zero-order valence-electron chi connectivity index (χ0n) is 11.6. The molecule has 3 rings (SSSR count). The van der Waals surface area contributed by atoms with Gasteiger partial charge in [0.25, 0.3) is 0 Å². The van der Waals surface area contributed by atoms with Crippen molar-refractivity contribution in [3.8, 4) is 11.5 Å². The van der Waals surface area contributed by atoms with Crippen molar-refractivity contribution in [1.82, 2.24) is 10.6 Å². The maximum Gasteiger partial charge on any atom is 0.171 e. The molecule has 1 aliphatic heterocycles. The third-order valence-electron chi connectivity index (χ3n) is 3.88. The highest BCUT2D eigenvalue weighted by Crippen LogP contribution is 2.37. The number of phenols is 1. The van der Waals surface area contributed by atoms with E-state index in [1.54, 1.807) is 18.2 Å². The van der Waals surface area contributed by atoms with Gasteiger partial charge in [0.05, 0.1) is 19.1 Å². The van der Waals surface area contributed by atoms with Crippen LogP contribution in [0.5, 0.6) is 11.5 Å². The minimum Gasteiger partial charge on any atom is -0.504 e. The van der Waals surface area contributed by atoms with Gasteiger partial charge in [-0.2, -0.15) is 0 Å². The molecular formula is C15H16N2O3S. The molecule has 21 heavy (non-hydrogen) atoms. The van der Waals surface area contributed by atoms with Gasteiger partial charge in [-0.1, -0.05) is 12.1 Å². The molecule has 3 N–H and O–H groups in total. The van der Waals surface area contributed by atoms with Gasteiger partial charge in [-0.15, -0.1) is 0 Å². The predicted octanol–water partition coefficient (Wildman–Crippen LogP) is 1.78. The van der Waals surface area contributed by atoms with Gasteiger partial charge >= 0.3 is 0 Å². The van der Waals surface area contributed by atoms with Crippen LogP contribution in [0.25, 0.3) is 0 Å². The number of nitrogens with one attached hydrogen (secondary N) is 2. The molecule has 1 aromatic carbocycles. The molecule has 0 radical (unpaired) electrons. The summed E-state index contributed by atoms with van der Waals surface area (Å²) in [4.78, 5) is 12.3. The fourth-order valence-corrected chi connectivity index (χ4v) is 3.12. The number of carbonyl (C=O) groups is 1. The van der Waals surface area contributed by atoms with E-state index in [-0.39, 0.29) is 23.5 Å². The number of Topliss-reactive ketones (excluding diaryl/α,β-unsaturated/α-hetero) is 1. The second kappa shape index (κ2) is 5.37. The Morgan fingerprint density at radius 1 is 1.43 bits per heavy atom. The lowest BCUT2D eigenvalue weighted by atomic mass is 9.80. The number of hydrogen-bond donors (Lipinski definition) is 3. The van der Waals surface area contributed by atoms with Crippen molar-refractivity contribution in [3.63, 3.8) is 0 Å². The van der Waals surface area contributed by atoms with Crippen molar-refractivity contribution in [2.24, 2.45) is 5.92 Å². The van der Waals surface area contributed by atoms with Gasteiger partial charge in [0.15, 0.2) is 16.6 Å². The van der Waals surface area contributed by atoms with Crippen LogP contribution in [0.1, 0.15) is 24.4 Å². The summed E-state index contributed by atoms with van der Waals surface area (Å²) in [5, 5.41) is 16.4. The molecule has 2 atom stereocenters. The number of fused-ring (bicyclic) bond motifs is 1. The average Bonchev–Trinajstić information content (AvgIpc) is 2.47. The van der Waals surface area contributed by atoms with Crippen molar-refractivity contribution in [1.29, 1.82) is 0 Å². The van der Waals surface area contributed by atoms with E-state index in [1.807, 2.05) is 6.08 Å². The Labute approximate surface area is 128 Å². The molecule has 110 valence electrons. The number of phenolic OH excluding ortho intramolecular Hbond substituents is 1. The first-order valence-corrected chi connectivity index (χ1v) is 7.18. The van der Waals surface area contributed by atoms with Crippen LogP contribution in [0, 0.1) is 5.92 Å². The van der Waals surface area contributed by atoms with Crippen molar-refractivity contribution in [2.75, 3.05) is 7.11 Å². The standard InChI is InChI=1S/C15H16N2O3S/c1-20-12-7-8(5-6-10(12)18)14-13-9(16-15(21)17-14)3-2-4-11(13)19/h3,5-7,13-14,18H,2,4H2,1H3,(H2,16,17,21)/t13-,14+/m1/s1. The van der Waals surface area contributed by atoms with Crippen LogP contribution in [0.2, 0.25) is 0 Å². The van der Waals surface area contributed by atoms with Crippen LogP contribution in [0.4, 0.5) is 0 Å². The molecule has 1 aliphatic carbocycles. The van der Waals surface area contributed by atoms with Gasteiger partial charge in [-0.25, -0.2) is 0 Å². The van der Waals surface area contributed by atoms with E-state index in [9.17, 15) is 9.90 Å². The second-order valence-corrected chi connectivity index (χ2v) is 5.56. The molecule has 0 saturated carbocycles. The third-order valence-corrected chi connectivity index (χ3v) is 4.10. The number of benzene rings is 1. The fraction of sp³-hybridized carbons (Fsp3) is 0.333. The third kappa shape index (κ3) is 2.47. The van der Waals surface area contributed by atoms with Gasteiger partial charge < -0.3 is 20.5 Å². The van der Waals surface area contributed by atoms with Gasteiger partial charge in [-0.05, 0) is 36.3 Å². The van der Waals surface area contributed by atoms with Crippen LogP contribution in [-0.2, 0) is 4.79 Å². The molecule has 6 heteroatoms. The minimum absolute atomic E-state index is 0.0727. The van der Waals surface area contributed by atoms with Crippen molar-refractivity contribution < 1.29 is 14.6 Å². The summed E-state index contributed by atoms with van der Waals surface area (Å²) in [7, 11) is 1.50. The van der Waals surface area contributed by atoms with Crippen LogP contribution < -0.4 is 15.4 Å². The van der Waals surface area contributed by atoms with E-state index in [0.717, 1.165) is 17.7 Å². The summed E-state index contributed by atoms with van der Waals surface area (Å²) < 4.78 is 5.14. The van der Waals surface area contributed by atoms with E-state index in [0.29, 0.717) is 17.3 Å². The quantitative estimate of drug-likeness (QED) is 0.724. The Hall–Kier alpha value is -2.08. The highest BCUT2D eigenvalue weighted by Gasteiger charge is 2.38. The highest BCUT2D eigenvalue weighted by molar-refractivity contribution is 7.80. The lowest BCUT2D eigenvalue weighted by molar-refractivity contribution is -0.123. The van der Waals surface area contributed by atoms with Crippen LogP contribution >= 0.6 is 12.2 Å². The first-order valence-electron chi connectivity index (χ1n) is 6.77. The van der Waals surface area contributed by atoms with Crippen LogP contribution in [0.15, 0.2) is 30.0 Å². The average molecular weight is 304 g/mol. The summed E-state index contributed by atoms with van der Waals surface area (Å²) in [6, 6.07) is 4.84. The Bertz CT molecular complexity index is 642. The zero-order valence-corrected chi connectivity index (χ0v) is 12.4. The number of aromatic hydroxyl groups is 1. The molecule has 0 aromatic heterocycles. The Balaban J connectivity index is 2.02.